The van der Waals surface area contributed by atoms with Gasteiger partial charge in [0, 0.05) is 13.1 Å². The molecular formula is C18H19NO2. The van der Waals surface area contributed by atoms with Gasteiger partial charge in [0.15, 0.2) is 0 Å². The smallest absolute Gasteiger partial charge is 0.337 e. The second kappa shape index (κ2) is 5.60. The number of rotatable bonds is 2. The van der Waals surface area contributed by atoms with E-state index in [-0.39, 0.29) is 0 Å². The van der Waals surface area contributed by atoms with Crippen molar-refractivity contribution in [1.29, 1.82) is 0 Å². The summed E-state index contributed by atoms with van der Waals surface area (Å²) in [7, 11) is 0. The normalized spacial score (nSPS) is 14.4. The molecule has 0 aliphatic carbocycles. The van der Waals surface area contributed by atoms with Crippen molar-refractivity contribution in [3.8, 4) is 0 Å². The first-order chi connectivity index (χ1) is 10.1. The van der Waals surface area contributed by atoms with Crippen LogP contribution in [0.5, 0.6) is 0 Å². The molecule has 1 N–H and O–H groups in total. The SMILES string of the molecule is Cc1ccc(N2CCc3ccccc3CC2)c(C(=O)O)c1. The predicted molar refractivity (Wildman–Crippen MR) is 84.2 cm³/mol. The summed E-state index contributed by atoms with van der Waals surface area (Å²) in [6.45, 7) is 3.65. The number of carboxylic acid groups (broad SMARTS) is 1. The molecule has 2 aromatic rings. The zero-order valence-corrected chi connectivity index (χ0v) is 12.2. The molecule has 0 unspecified atom stereocenters. The van der Waals surface area contributed by atoms with Crippen LogP contribution in [0.2, 0.25) is 0 Å². The first-order valence-electron chi connectivity index (χ1n) is 7.31. The molecule has 0 aromatic heterocycles. The Morgan fingerprint density at radius 2 is 1.67 bits per heavy atom. The zero-order valence-electron chi connectivity index (χ0n) is 12.2. The summed E-state index contributed by atoms with van der Waals surface area (Å²) in [5.74, 6) is -0.851. The molecule has 1 heterocycles. The Labute approximate surface area is 124 Å². The molecule has 0 spiro atoms. The van der Waals surface area contributed by atoms with E-state index in [1.54, 1.807) is 6.07 Å². The number of aromatic carboxylic acids is 1. The van der Waals surface area contributed by atoms with Crippen LogP contribution >= 0.6 is 0 Å². The van der Waals surface area contributed by atoms with Gasteiger partial charge < -0.3 is 10.0 Å². The third kappa shape index (κ3) is 2.77. The molecule has 0 radical (unpaired) electrons. The second-order valence-electron chi connectivity index (χ2n) is 5.58. The number of fused-ring (bicyclic) bond motifs is 1. The summed E-state index contributed by atoms with van der Waals surface area (Å²) in [6.07, 6.45) is 1.92. The molecule has 3 heteroatoms. The van der Waals surface area contributed by atoms with Gasteiger partial charge in [-0.2, -0.15) is 0 Å². The van der Waals surface area contributed by atoms with E-state index in [0.717, 1.165) is 37.2 Å². The summed E-state index contributed by atoms with van der Waals surface area (Å²) in [5.41, 5.74) is 4.98. The van der Waals surface area contributed by atoms with Crippen LogP contribution in [-0.4, -0.2) is 24.2 Å². The Hall–Kier alpha value is -2.29. The largest absolute Gasteiger partial charge is 0.478 e. The third-order valence-corrected chi connectivity index (χ3v) is 4.14. The highest BCUT2D eigenvalue weighted by molar-refractivity contribution is 5.94. The van der Waals surface area contributed by atoms with Crippen molar-refractivity contribution in [2.24, 2.45) is 0 Å². The molecule has 3 rings (SSSR count). The van der Waals surface area contributed by atoms with Crippen molar-refractivity contribution in [2.45, 2.75) is 19.8 Å². The molecule has 0 fully saturated rings. The summed E-state index contributed by atoms with van der Waals surface area (Å²) in [6, 6.07) is 14.2. The average molecular weight is 281 g/mol. The van der Waals surface area contributed by atoms with Crippen LogP contribution in [0.15, 0.2) is 42.5 Å². The number of hydrogen-bond acceptors (Lipinski definition) is 2. The van der Waals surface area contributed by atoms with E-state index in [0.29, 0.717) is 5.56 Å². The minimum atomic E-state index is -0.851. The number of carboxylic acids is 1. The van der Waals surface area contributed by atoms with Crippen molar-refractivity contribution in [2.75, 3.05) is 18.0 Å². The van der Waals surface area contributed by atoms with Crippen LogP contribution < -0.4 is 4.90 Å². The standard InChI is InChI=1S/C18H19NO2/c1-13-6-7-17(16(12-13)18(20)21)19-10-8-14-4-2-3-5-15(14)9-11-19/h2-7,12H,8-11H2,1H3,(H,20,21). The number of hydrogen-bond donors (Lipinski definition) is 1. The maximum absolute atomic E-state index is 11.5. The van der Waals surface area contributed by atoms with E-state index in [2.05, 4.69) is 29.2 Å². The molecule has 2 aromatic carbocycles. The van der Waals surface area contributed by atoms with E-state index in [4.69, 9.17) is 0 Å². The lowest BCUT2D eigenvalue weighted by Crippen LogP contribution is -2.27. The molecule has 1 aliphatic heterocycles. The lowest BCUT2D eigenvalue weighted by molar-refractivity contribution is 0.0697. The van der Waals surface area contributed by atoms with Crippen LogP contribution in [0.25, 0.3) is 0 Å². The van der Waals surface area contributed by atoms with Crippen LogP contribution in [0.3, 0.4) is 0 Å². The molecule has 0 saturated carbocycles. The predicted octanol–water partition coefficient (Wildman–Crippen LogP) is 3.30. The Morgan fingerprint density at radius 3 is 2.24 bits per heavy atom. The highest BCUT2D eigenvalue weighted by Crippen LogP contribution is 2.25. The molecule has 21 heavy (non-hydrogen) atoms. The van der Waals surface area contributed by atoms with Gasteiger partial charge in [-0.1, -0.05) is 35.9 Å². The van der Waals surface area contributed by atoms with Gasteiger partial charge in [-0.3, -0.25) is 0 Å². The van der Waals surface area contributed by atoms with E-state index < -0.39 is 5.97 Å². The molecule has 1 aliphatic rings. The lowest BCUT2D eigenvalue weighted by Gasteiger charge is -2.24. The quantitative estimate of drug-likeness (QED) is 0.918. The van der Waals surface area contributed by atoms with Crippen molar-refractivity contribution < 1.29 is 9.90 Å². The first kappa shape index (κ1) is 13.7. The summed E-state index contributed by atoms with van der Waals surface area (Å²) >= 11 is 0. The molecule has 0 saturated heterocycles. The van der Waals surface area contributed by atoms with Crippen molar-refractivity contribution >= 4 is 11.7 Å². The molecular weight excluding hydrogens is 262 g/mol. The highest BCUT2D eigenvalue weighted by Gasteiger charge is 2.19. The van der Waals surface area contributed by atoms with Crippen molar-refractivity contribution in [1.82, 2.24) is 0 Å². The van der Waals surface area contributed by atoms with Gasteiger partial charge in [0.2, 0.25) is 0 Å². The van der Waals surface area contributed by atoms with Crippen molar-refractivity contribution in [3.63, 3.8) is 0 Å². The topological polar surface area (TPSA) is 40.5 Å². The summed E-state index contributed by atoms with van der Waals surface area (Å²) < 4.78 is 0. The Bertz CT molecular complexity index is 652. The fourth-order valence-corrected chi connectivity index (χ4v) is 3.01. The van der Waals surface area contributed by atoms with E-state index in [9.17, 15) is 9.90 Å². The average Bonchev–Trinajstić information content (AvgIpc) is 2.70. The van der Waals surface area contributed by atoms with Gasteiger partial charge in [0.05, 0.1) is 11.3 Å². The molecule has 0 amide bonds. The van der Waals surface area contributed by atoms with E-state index in [1.807, 2.05) is 19.1 Å². The number of nitrogens with zero attached hydrogens (tertiary/aromatic N) is 1. The Balaban J connectivity index is 1.91. The van der Waals surface area contributed by atoms with Gasteiger partial charge in [-0.05, 0) is 43.0 Å². The monoisotopic (exact) mass is 281 g/mol. The van der Waals surface area contributed by atoms with Gasteiger partial charge in [0.1, 0.15) is 0 Å². The van der Waals surface area contributed by atoms with Gasteiger partial charge in [-0.15, -0.1) is 0 Å². The maximum Gasteiger partial charge on any atom is 0.337 e. The number of anilines is 1. The lowest BCUT2D eigenvalue weighted by atomic mass is 10.0. The van der Waals surface area contributed by atoms with Crippen LogP contribution in [0.1, 0.15) is 27.0 Å². The zero-order chi connectivity index (χ0) is 14.8. The number of aryl methyl sites for hydroxylation is 1. The molecule has 0 atom stereocenters. The Morgan fingerprint density at radius 1 is 1.05 bits per heavy atom. The fraction of sp³-hybridized carbons (Fsp3) is 0.278. The minimum absolute atomic E-state index is 0.404. The third-order valence-electron chi connectivity index (χ3n) is 4.14. The molecule has 108 valence electrons. The van der Waals surface area contributed by atoms with Crippen molar-refractivity contribution in [3.05, 3.63) is 64.7 Å². The number of carbonyl (C=O) groups is 1. The second-order valence-corrected chi connectivity index (χ2v) is 5.58. The molecule has 0 bridgehead atoms. The molecule has 3 nitrogen and oxygen atoms in total. The Kier molecular flexibility index (Phi) is 3.65. The maximum atomic E-state index is 11.5. The van der Waals surface area contributed by atoms with Crippen LogP contribution in [0, 0.1) is 6.92 Å². The number of benzene rings is 2. The van der Waals surface area contributed by atoms with Gasteiger partial charge >= 0.3 is 5.97 Å². The fourth-order valence-electron chi connectivity index (χ4n) is 3.01. The van der Waals surface area contributed by atoms with E-state index >= 15 is 0 Å². The van der Waals surface area contributed by atoms with Gasteiger partial charge in [-0.25, -0.2) is 4.79 Å². The van der Waals surface area contributed by atoms with Crippen LogP contribution in [0.4, 0.5) is 5.69 Å². The first-order valence-corrected chi connectivity index (χ1v) is 7.31. The van der Waals surface area contributed by atoms with Crippen LogP contribution in [-0.2, 0) is 12.8 Å². The summed E-state index contributed by atoms with van der Waals surface area (Å²) in [4.78, 5) is 13.7. The summed E-state index contributed by atoms with van der Waals surface area (Å²) in [5, 5.41) is 9.44. The van der Waals surface area contributed by atoms with Gasteiger partial charge in [0.25, 0.3) is 0 Å². The minimum Gasteiger partial charge on any atom is -0.478 e. The van der Waals surface area contributed by atoms with E-state index in [1.165, 1.54) is 11.1 Å². The highest BCUT2D eigenvalue weighted by atomic mass is 16.4.